The Labute approximate surface area is 114 Å². The standard InChI is InChI=1S/C15H22FNO2/c1-5-13(11-7-6-8-12(16)9-11)17-10-14(18)19-15(2,3)4/h6-9,13,17H,5,10H2,1-4H3. The number of halogens is 1. The number of esters is 1. The maximum absolute atomic E-state index is 13.2. The Balaban J connectivity index is 2.56. The molecule has 0 aliphatic heterocycles. The van der Waals surface area contributed by atoms with Gasteiger partial charge in [0.25, 0.3) is 0 Å². The fraction of sp³-hybridized carbons (Fsp3) is 0.533. The van der Waals surface area contributed by atoms with E-state index in [0.717, 1.165) is 12.0 Å². The van der Waals surface area contributed by atoms with E-state index in [1.54, 1.807) is 6.07 Å². The molecule has 1 unspecified atom stereocenters. The van der Waals surface area contributed by atoms with Gasteiger partial charge in [0.2, 0.25) is 0 Å². The van der Waals surface area contributed by atoms with Gasteiger partial charge in [0.15, 0.2) is 0 Å². The van der Waals surface area contributed by atoms with Crippen LogP contribution < -0.4 is 5.32 Å². The van der Waals surface area contributed by atoms with Gasteiger partial charge in [0.05, 0.1) is 6.54 Å². The van der Waals surface area contributed by atoms with E-state index in [4.69, 9.17) is 4.74 Å². The van der Waals surface area contributed by atoms with Gasteiger partial charge in [-0.05, 0) is 44.9 Å². The van der Waals surface area contributed by atoms with Crippen molar-refractivity contribution in [3.05, 3.63) is 35.6 Å². The molecule has 1 rings (SSSR count). The predicted octanol–water partition coefficient (Wildman–Crippen LogP) is 3.21. The fourth-order valence-electron chi connectivity index (χ4n) is 1.81. The SMILES string of the molecule is CCC(NCC(=O)OC(C)(C)C)c1cccc(F)c1. The summed E-state index contributed by atoms with van der Waals surface area (Å²) >= 11 is 0. The zero-order valence-electron chi connectivity index (χ0n) is 12.0. The van der Waals surface area contributed by atoms with Crippen LogP contribution in [0.1, 0.15) is 45.7 Å². The van der Waals surface area contributed by atoms with Crippen LogP contribution >= 0.6 is 0 Å². The molecule has 1 N–H and O–H groups in total. The Hall–Kier alpha value is -1.42. The maximum atomic E-state index is 13.2. The number of hydrogen-bond acceptors (Lipinski definition) is 3. The molecule has 0 radical (unpaired) electrons. The minimum Gasteiger partial charge on any atom is -0.459 e. The molecule has 4 heteroatoms. The summed E-state index contributed by atoms with van der Waals surface area (Å²) in [6, 6.07) is 6.35. The Morgan fingerprint density at radius 2 is 2.11 bits per heavy atom. The Morgan fingerprint density at radius 3 is 2.63 bits per heavy atom. The summed E-state index contributed by atoms with van der Waals surface area (Å²) in [7, 11) is 0. The van der Waals surface area contributed by atoms with Gasteiger partial charge in [0, 0.05) is 6.04 Å². The van der Waals surface area contributed by atoms with Crippen molar-refractivity contribution in [1.29, 1.82) is 0 Å². The summed E-state index contributed by atoms with van der Waals surface area (Å²) in [6.45, 7) is 7.59. The van der Waals surface area contributed by atoms with Crippen molar-refractivity contribution in [2.24, 2.45) is 0 Å². The third-order valence-corrected chi connectivity index (χ3v) is 2.57. The van der Waals surface area contributed by atoms with Crippen LogP contribution in [0.15, 0.2) is 24.3 Å². The lowest BCUT2D eigenvalue weighted by Gasteiger charge is -2.21. The summed E-state index contributed by atoms with van der Waals surface area (Å²) in [5.74, 6) is -0.572. The quantitative estimate of drug-likeness (QED) is 0.832. The lowest BCUT2D eigenvalue weighted by molar-refractivity contribution is -0.153. The Kier molecular flexibility index (Phi) is 5.48. The number of nitrogens with one attached hydrogen (secondary N) is 1. The summed E-state index contributed by atoms with van der Waals surface area (Å²) in [4.78, 5) is 11.6. The molecule has 1 aromatic carbocycles. The van der Waals surface area contributed by atoms with Crippen LogP contribution in [-0.2, 0) is 9.53 Å². The smallest absolute Gasteiger partial charge is 0.320 e. The van der Waals surface area contributed by atoms with Crippen LogP contribution in [0.2, 0.25) is 0 Å². The van der Waals surface area contributed by atoms with Crippen molar-refractivity contribution in [2.45, 2.75) is 45.8 Å². The molecule has 0 heterocycles. The number of carbonyl (C=O) groups excluding carboxylic acids is 1. The third kappa shape index (κ3) is 5.83. The van der Waals surface area contributed by atoms with Gasteiger partial charge >= 0.3 is 5.97 Å². The highest BCUT2D eigenvalue weighted by Gasteiger charge is 2.17. The number of rotatable bonds is 5. The third-order valence-electron chi connectivity index (χ3n) is 2.57. The molecular formula is C15H22FNO2. The summed E-state index contributed by atoms with van der Waals surface area (Å²) in [5, 5.41) is 3.09. The molecule has 19 heavy (non-hydrogen) atoms. The van der Waals surface area contributed by atoms with Crippen LogP contribution in [0, 0.1) is 5.82 Å². The highest BCUT2D eigenvalue weighted by Crippen LogP contribution is 2.17. The van der Waals surface area contributed by atoms with E-state index in [1.165, 1.54) is 12.1 Å². The topological polar surface area (TPSA) is 38.3 Å². The molecule has 1 aromatic rings. The second-order valence-corrected chi connectivity index (χ2v) is 5.48. The number of ether oxygens (including phenoxy) is 1. The molecule has 0 aliphatic rings. The molecule has 0 bridgehead atoms. The van der Waals surface area contributed by atoms with Gasteiger partial charge in [-0.2, -0.15) is 0 Å². The first kappa shape index (κ1) is 15.6. The molecule has 0 saturated heterocycles. The van der Waals surface area contributed by atoms with Gasteiger partial charge in [0.1, 0.15) is 11.4 Å². The average molecular weight is 267 g/mol. The number of hydrogen-bond donors (Lipinski definition) is 1. The second-order valence-electron chi connectivity index (χ2n) is 5.48. The Morgan fingerprint density at radius 1 is 1.42 bits per heavy atom. The molecule has 0 fully saturated rings. The van der Waals surface area contributed by atoms with Gasteiger partial charge in [-0.15, -0.1) is 0 Å². The van der Waals surface area contributed by atoms with Crippen LogP contribution in [0.25, 0.3) is 0 Å². The molecule has 0 amide bonds. The highest BCUT2D eigenvalue weighted by atomic mass is 19.1. The molecule has 0 aromatic heterocycles. The van der Waals surface area contributed by atoms with Gasteiger partial charge in [-0.25, -0.2) is 4.39 Å². The molecule has 1 atom stereocenters. The van der Waals surface area contributed by atoms with Gasteiger partial charge < -0.3 is 10.1 Å². The zero-order chi connectivity index (χ0) is 14.5. The van der Waals surface area contributed by atoms with E-state index in [9.17, 15) is 9.18 Å². The first-order valence-electron chi connectivity index (χ1n) is 6.52. The summed E-state index contributed by atoms with van der Waals surface area (Å²) < 4.78 is 18.4. The fourth-order valence-corrected chi connectivity index (χ4v) is 1.81. The highest BCUT2D eigenvalue weighted by molar-refractivity contribution is 5.72. The van der Waals surface area contributed by atoms with Gasteiger partial charge in [-0.1, -0.05) is 19.1 Å². The van der Waals surface area contributed by atoms with Crippen molar-refractivity contribution >= 4 is 5.97 Å². The van der Waals surface area contributed by atoms with Crippen molar-refractivity contribution in [3.63, 3.8) is 0 Å². The minimum absolute atomic E-state index is 0.0526. The molecule has 0 aliphatic carbocycles. The van der Waals surface area contributed by atoms with Crippen molar-refractivity contribution in [1.82, 2.24) is 5.32 Å². The van der Waals surface area contributed by atoms with Crippen molar-refractivity contribution < 1.29 is 13.9 Å². The molecule has 3 nitrogen and oxygen atoms in total. The largest absolute Gasteiger partial charge is 0.459 e. The van der Waals surface area contributed by atoms with Gasteiger partial charge in [-0.3, -0.25) is 4.79 Å². The molecule has 106 valence electrons. The summed E-state index contributed by atoms with van der Waals surface area (Å²) in [6.07, 6.45) is 0.770. The van der Waals surface area contributed by atoms with Crippen LogP contribution in [0.5, 0.6) is 0 Å². The van der Waals surface area contributed by atoms with E-state index < -0.39 is 5.60 Å². The van der Waals surface area contributed by atoms with Crippen molar-refractivity contribution in [3.8, 4) is 0 Å². The van der Waals surface area contributed by atoms with E-state index in [0.29, 0.717) is 0 Å². The predicted molar refractivity (Wildman–Crippen MR) is 73.3 cm³/mol. The van der Waals surface area contributed by atoms with E-state index in [1.807, 2.05) is 33.8 Å². The minimum atomic E-state index is -0.487. The number of carbonyl (C=O) groups is 1. The van der Waals surface area contributed by atoms with Crippen LogP contribution in [0.3, 0.4) is 0 Å². The van der Waals surface area contributed by atoms with E-state index in [-0.39, 0.29) is 24.4 Å². The molecular weight excluding hydrogens is 245 g/mol. The average Bonchev–Trinajstić information content (AvgIpc) is 2.27. The normalized spacial score (nSPS) is 13.1. The van der Waals surface area contributed by atoms with Crippen molar-refractivity contribution in [2.75, 3.05) is 6.54 Å². The number of benzene rings is 1. The lowest BCUT2D eigenvalue weighted by atomic mass is 10.0. The first-order valence-corrected chi connectivity index (χ1v) is 6.52. The zero-order valence-corrected chi connectivity index (χ0v) is 12.0. The monoisotopic (exact) mass is 267 g/mol. The lowest BCUT2D eigenvalue weighted by Crippen LogP contribution is -2.33. The first-order chi connectivity index (χ1) is 8.81. The summed E-state index contributed by atoms with van der Waals surface area (Å²) in [5.41, 5.74) is 0.352. The van der Waals surface area contributed by atoms with Crippen LogP contribution in [0.4, 0.5) is 4.39 Å². The maximum Gasteiger partial charge on any atom is 0.320 e. The van der Waals surface area contributed by atoms with E-state index >= 15 is 0 Å². The van der Waals surface area contributed by atoms with Crippen LogP contribution in [-0.4, -0.2) is 18.1 Å². The molecule has 0 spiro atoms. The second kappa shape index (κ2) is 6.66. The Bertz CT molecular complexity index is 426. The van der Waals surface area contributed by atoms with E-state index in [2.05, 4.69) is 5.32 Å². The molecule has 0 saturated carbocycles.